The Morgan fingerprint density at radius 2 is 1.79 bits per heavy atom. The van der Waals surface area contributed by atoms with E-state index in [0.717, 1.165) is 31.6 Å². The van der Waals surface area contributed by atoms with Gasteiger partial charge in [-0.3, -0.25) is 4.90 Å². The first kappa shape index (κ1) is 17.3. The molecule has 0 amide bonds. The van der Waals surface area contributed by atoms with Crippen LogP contribution in [0, 0.1) is 0 Å². The molecule has 0 saturated heterocycles. The molecule has 3 rings (SSSR count). The minimum absolute atomic E-state index is 0.108. The van der Waals surface area contributed by atoms with Crippen LogP contribution in [-0.4, -0.2) is 35.3 Å². The van der Waals surface area contributed by atoms with Gasteiger partial charge in [-0.1, -0.05) is 41.9 Å². The zero-order chi connectivity index (χ0) is 16.9. The van der Waals surface area contributed by atoms with Crippen molar-refractivity contribution in [3.63, 3.8) is 0 Å². The number of rotatable bonds is 5. The van der Waals surface area contributed by atoms with Gasteiger partial charge in [0.25, 0.3) is 0 Å². The van der Waals surface area contributed by atoms with E-state index in [4.69, 9.17) is 16.3 Å². The standard InChI is InChI=1S/C20H24ClNO2/c1-22(14-15-6-3-2-4-7-15)18-8-5-9-19(20(18)23)24-17-12-10-16(21)11-13-17/h2-4,6-7,10-13,18-20,23H,5,8-9,14H2,1H3/t18-,19+,20+/m0/s1. The normalized spacial score (nSPS) is 24.1. The van der Waals surface area contributed by atoms with Gasteiger partial charge in [0.05, 0.1) is 0 Å². The van der Waals surface area contributed by atoms with Crippen LogP contribution < -0.4 is 4.74 Å². The predicted molar refractivity (Wildman–Crippen MR) is 97.4 cm³/mol. The van der Waals surface area contributed by atoms with Crippen LogP contribution in [0.1, 0.15) is 24.8 Å². The summed E-state index contributed by atoms with van der Waals surface area (Å²) in [6.07, 6.45) is 2.25. The van der Waals surface area contributed by atoms with Gasteiger partial charge in [-0.25, -0.2) is 0 Å². The van der Waals surface area contributed by atoms with Crippen LogP contribution in [0.4, 0.5) is 0 Å². The van der Waals surface area contributed by atoms with Crippen LogP contribution in [0.15, 0.2) is 54.6 Å². The number of aliphatic hydroxyl groups is 1. The van der Waals surface area contributed by atoms with E-state index in [1.165, 1.54) is 5.56 Å². The van der Waals surface area contributed by atoms with Gasteiger partial charge < -0.3 is 9.84 Å². The van der Waals surface area contributed by atoms with Gasteiger partial charge in [-0.2, -0.15) is 0 Å². The molecule has 1 aliphatic rings. The monoisotopic (exact) mass is 345 g/mol. The van der Waals surface area contributed by atoms with Crippen LogP contribution in [0.2, 0.25) is 5.02 Å². The maximum Gasteiger partial charge on any atom is 0.126 e. The van der Waals surface area contributed by atoms with Crippen LogP contribution in [-0.2, 0) is 6.54 Å². The van der Waals surface area contributed by atoms with Gasteiger partial charge in [-0.15, -0.1) is 0 Å². The fourth-order valence-electron chi connectivity index (χ4n) is 3.40. The first-order valence-corrected chi connectivity index (χ1v) is 8.86. The van der Waals surface area contributed by atoms with E-state index in [1.807, 2.05) is 42.5 Å². The van der Waals surface area contributed by atoms with Crippen molar-refractivity contribution >= 4 is 11.6 Å². The highest BCUT2D eigenvalue weighted by Gasteiger charge is 2.35. The number of aliphatic hydroxyl groups excluding tert-OH is 1. The Hall–Kier alpha value is -1.55. The largest absolute Gasteiger partial charge is 0.488 e. The van der Waals surface area contributed by atoms with Crippen LogP contribution in [0.5, 0.6) is 5.75 Å². The molecule has 1 aliphatic carbocycles. The molecule has 0 aliphatic heterocycles. The number of halogens is 1. The number of ether oxygens (including phenoxy) is 1. The number of likely N-dealkylation sites (N-methyl/N-ethyl adjacent to an activating group) is 1. The molecule has 128 valence electrons. The van der Waals surface area contributed by atoms with E-state index in [-0.39, 0.29) is 12.1 Å². The lowest BCUT2D eigenvalue weighted by atomic mass is 9.88. The summed E-state index contributed by atoms with van der Waals surface area (Å²) in [5.41, 5.74) is 1.26. The maximum absolute atomic E-state index is 10.8. The zero-order valence-corrected chi connectivity index (χ0v) is 14.7. The summed E-state index contributed by atoms with van der Waals surface area (Å²) in [4.78, 5) is 2.23. The molecule has 0 bridgehead atoms. The van der Waals surface area contributed by atoms with Crippen molar-refractivity contribution in [2.75, 3.05) is 7.05 Å². The van der Waals surface area contributed by atoms with Gasteiger partial charge in [0.15, 0.2) is 0 Å². The van der Waals surface area contributed by atoms with Crippen molar-refractivity contribution in [3.8, 4) is 5.75 Å². The van der Waals surface area contributed by atoms with E-state index in [1.54, 1.807) is 0 Å². The minimum Gasteiger partial charge on any atom is -0.488 e. The molecule has 2 aromatic carbocycles. The second-order valence-electron chi connectivity index (χ2n) is 6.50. The molecule has 3 atom stereocenters. The first-order chi connectivity index (χ1) is 11.6. The molecule has 3 nitrogen and oxygen atoms in total. The fraction of sp³-hybridized carbons (Fsp3) is 0.400. The SMILES string of the molecule is CN(Cc1ccccc1)[C@H]1CCC[C@@H](Oc2ccc(Cl)cc2)[C@@H]1O. The lowest BCUT2D eigenvalue weighted by Crippen LogP contribution is -2.51. The first-order valence-electron chi connectivity index (χ1n) is 8.48. The van der Waals surface area contributed by atoms with Crippen LogP contribution in [0.3, 0.4) is 0 Å². The Morgan fingerprint density at radius 3 is 2.50 bits per heavy atom. The van der Waals surface area contributed by atoms with Gasteiger partial charge in [-0.05, 0) is 56.1 Å². The molecule has 1 N–H and O–H groups in total. The molecule has 0 aromatic heterocycles. The summed E-state index contributed by atoms with van der Waals surface area (Å²) in [5.74, 6) is 0.759. The van der Waals surface area contributed by atoms with Crippen molar-refractivity contribution < 1.29 is 9.84 Å². The van der Waals surface area contributed by atoms with E-state index < -0.39 is 6.10 Å². The highest BCUT2D eigenvalue weighted by atomic mass is 35.5. The highest BCUT2D eigenvalue weighted by Crippen LogP contribution is 2.28. The summed E-state index contributed by atoms with van der Waals surface area (Å²) >= 11 is 5.91. The third kappa shape index (κ3) is 4.29. The average molecular weight is 346 g/mol. The van der Waals surface area contributed by atoms with E-state index in [0.29, 0.717) is 5.02 Å². The second-order valence-corrected chi connectivity index (χ2v) is 6.94. The molecule has 1 saturated carbocycles. The van der Waals surface area contributed by atoms with Crippen molar-refractivity contribution in [1.29, 1.82) is 0 Å². The van der Waals surface area contributed by atoms with Gasteiger partial charge in [0.2, 0.25) is 0 Å². The molecule has 0 radical (unpaired) electrons. The van der Waals surface area contributed by atoms with E-state index in [2.05, 4.69) is 24.1 Å². The van der Waals surface area contributed by atoms with Crippen molar-refractivity contribution in [2.24, 2.45) is 0 Å². The Morgan fingerprint density at radius 1 is 1.08 bits per heavy atom. The molecular formula is C20H24ClNO2. The van der Waals surface area contributed by atoms with Crippen molar-refractivity contribution in [1.82, 2.24) is 4.90 Å². The van der Waals surface area contributed by atoms with Gasteiger partial charge in [0.1, 0.15) is 18.0 Å². The quantitative estimate of drug-likeness (QED) is 0.884. The Labute approximate surface area is 148 Å². The average Bonchev–Trinajstić information content (AvgIpc) is 2.59. The molecule has 24 heavy (non-hydrogen) atoms. The smallest absolute Gasteiger partial charge is 0.126 e. The van der Waals surface area contributed by atoms with Crippen LogP contribution in [0.25, 0.3) is 0 Å². The molecule has 2 aromatic rings. The molecule has 4 heteroatoms. The molecule has 0 heterocycles. The lowest BCUT2D eigenvalue weighted by Gasteiger charge is -2.39. The summed E-state index contributed by atoms with van der Waals surface area (Å²) in [6, 6.07) is 17.8. The third-order valence-corrected chi connectivity index (χ3v) is 4.96. The van der Waals surface area contributed by atoms with Gasteiger partial charge >= 0.3 is 0 Å². The Balaban J connectivity index is 1.63. The highest BCUT2D eigenvalue weighted by molar-refractivity contribution is 6.30. The lowest BCUT2D eigenvalue weighted by molar-refractivity contribution is -0.0491. The van der Waals surface area contributed by atoms with Crippen LogP contribution >= 0.6 is 11.6 Å². The zero-order valence-electron chi connectivity index (χ0n) is 13.9. The van der Waals surface area contributed by atoms with Crippen molar-refractivity contribution in [3.05, 3.63) is 65.2 Å². The third-order valence-electron chi connectivity index (χ3n) is 4.71. The minimum atomic E-state index is -0.497. The summed E-state index contributed by atoms with van der Waals surface area (Å²) in [7, 11) is 2.07. The van der Waals surface area contributed by atoms with E-state index in [9.17, 15) is 5.11 Å². The molecule has 0 spiro atoms. The number of benzene rings is 2. The second kappa shape index (κ2) is 8.02. The Bertz CT molecular complexity index is 632. The summed E-state index contributed by atoms with van der Waals surface area (Å²) < 4.78 is 6.02. The topological polar surface area (TPSA) is 32.7 Å². The fourth-order valence-corrected chi connectivity index (χ4v) is 3.53. The predicted octanol–water partition coefficient (Wildman–Crippen LogP) is 4.13. The van der Waals surface area contributed by atoms with E-state index >= 15 is 0 Å². The number of hydrogen-bond acceptors (Lipinski definition) is 3. The molecule has 0 unspecified atom stereocenters. The maximum atomic E-state index is 10.8. The molecular weight excluding hydrogens is 322 g/mol. The number of hydrogen-bond donors (Lipinski definition) is 1. The summed E-state index contributed by atoms with van der Waals surface area (Å²) in [5, 5.41) is 11.5. The van der Waals surface area contributed by atoms with Crippen molar-refractivity contribution in [2.45, 2.75) is 44.1 Å². The number of nitrogens with zero attached hydrogens (tertiary/aromatic N) is 1. The Kier molecular flexibility index (Phi) is 5.77. The molecule has 1 fully saturated rings. The van der Waals surface area contributed by atoms with Gasteiger partial charge in [0, 0.05) is 17.6 Å². The summed E-state index contributed by atoms with van der Waals surface area (Å²) in [6.45, 7) is 0.830.